The van der Waals surface area contributed by atoms with E-state index >= 15 is 0 Å². The number of nitrogens with zero attached hydrogens (tertiary/aromatic N) is 1. The van der Waals surface area contributed by atoms with Crippen LogP contribution in [0, 0.1) is 0 Å². The zero-order chi connectivity index (χ0) is 27.9. The fourth-order valence-corrected chi connectivity index (χ4v) is 4.69. The number of carbonyl (C=O) groups excluding carboxylic acids is 2. The van der Waals surface area contributed by atoms with Gasteiger partial charge < -0.3 is 15.7 Å². The first kappa shape index (κ1) is 26.3. The highest BCUT2D eigenvalue weighted by Gasteiger charge is 2.28. The number of carbonyl (C=O) groups is 3. The van der Waals surface area contributed by atoms with Gasteiger partial charge in [0.2, 0.25) is 5.91 Å². The van der Waals surface area contributed by atoms with Crippen LogP contribution in [0.5, 0.6) is 0 Å². The smallest absolute Gasteiger partial charge is 0.326 e. The summed E-state index contributed by atoms with van der Waals surface area (Å²) < 4.78 is 0. The first-order valence-corrected chi connectivity index (χ1v) is 12.9. The van der Waals surface area contributed by atoms with Crippen molar-refractivity contribution in [3.63, 3.8) is 0 Å². The number of carboxylic acids is 1. The van der Waals surface area contributed by atoms with Crippen LogP contribution in [0.15, 0.2) is 121 Å². The number of hydrogen-bond donors (Lipinski definition) is 3. The molecule has 5 aromatic rings. The maximum absolute atomic E-state index is 13.4. The van der Waals surface area contributed by atoms with Crippen LogP contribution >= 0.6 is 0 Å². The van der Waals surface area contributed by atoms with Gasteiger partial charge in [0.15, 0.2) is 0 Å². The molecular weight excluding hydrogens is 502 g/mol. The first-order valence-electron chi connectivity index (χ1n) is 12.9. The van der Waals surface area contributed by atoms with Gasteiger partial charge in [-0.15, -0.1) is 0 Å². The minimum absolute atomic E-state index is 0.0839. The van der Waals surface area contributed by atoms with E-state index in [0.29, 0.717) is 16.8 Å². The zero-order valence-electron chi connectivity index (χ0n) is 21.5. The van der Waals surface area contributed by atoms with Gasteiger partial charge in [0.25, 0.3) is 5.91 Å². The molecule has 1 atom stereocenters. The molecule has 0 saturated heterocycles. The van der Waals surface area contributed by atoms with Gasteiger partial charge in [0.1, 0.15) is 6.04 Å². The highest BCUT2D eigenvalue weighted by atomic mass is 16.4. The lowest BCUT2D eigenvalue weighted by molar-refractivity contribution is -0.141. The van der Waals surface area contributed by atoms with Gasteiger partial charge in [-0.05, 0) is 41.0 Å². The van der Waals surface area contributed by atoms with Gasteiger partial charge in [-0.25, -0.2) is 4.79 Å². The van der Waals surface area contributed by atoms with E-state index in [1.54, 1.807) is 36.5 Å². The molecule has 0 aliphatic carbocycles. The minimum atomic E-state index is -1.13. The van der Waals surface area contributed by atoms with Crippen LogP contribution in [0.3, 0.4) is 0 Å². The van der Waals surface area contributed by atoms with E-state index in [4.69, 9.17) is 0 Å². The molecule has 0 saturated carbocycles. The SMILES string of the molecule is O=C(Nc1ccc(C[C@H](NC(=O)C(c2ccccc2)c2ccccc2)C(=O)O)cc1)c1ccnc2ccccc12. The molecule has 198 valence electrons. The Morgan fingerprint density at radius 1 is 0.725 bits per heavy atom. The van der Waals surface area contributed by atoms with Crippen molar-refractivity contribution in [2.75, 3.05) is 5.32 Å². The molecule has 40 heavy (non-hydrogen) atoms. The highest BCUT2D eigenvalue weighted by Crippen LogP contribution is 2.25. The number of para-hydroxylation sites is 1. The van der Waals surface area contributed by atoms with Crippen molar-refractivity contribution in [1.82, 2.24) is 10.3 Å². The Balaban J connectivity index is 1.29. The molecule has 3 N–H and O–H groups in total. The van der Waals surface area contributed by atoms with Gasteiger partial charge in [-0.1, -0.05) is 91.0 Å². The van der Waals surface area contributed by atoms with E-state index in [-0.39, 0.29) is 12.3 Å². The molecule has 0 unspecified atom stereocenters. The van der Waals surface area contributed by atoms with Crippen LogP contribution in [0.2, 0.25) is 0 Å². The van der Waals surface area contributed by atoms with E-state index in [1.807, 2.05) is 84.9 Å². The van der Waals surface area contributed by atoms with Gasteiger partial charge in [-0.2, -0.15) is 0 Å². The fraction of sp³-hybridized carbons (Fsp3) is 0.0909. The predicted molar refractivity (Wildman–Crippen MR) is 154 cm³/mol. The van der Waals surface area contributed by atoms with Gasteiger partial charge in [0, 0.05) is 23.7 Å². The number of carboxylic acid groups (broad SMARTS) is 1. The third-order valence-corrected chi connectivity index (χ3v) is 6.69. The molecule has 2 amide bonds. The van der Waals surface area contributed by atoms with Crippen molar-refractivity contribution >= 4 is 34.4 Å². The van der Waals surface area contributed by atoms with E-state index in [9.17, 15) is 19.5 Å². The Labute approximate surface area is 231 Å². The predicted octanol–water partition coefficient (Wildman–Crippen LogP) is 5.43. The largest absolute Gasteiger partial charge is 0.480 e. The molecule has 1 aromatic heterocycles. The number of rotatable bonds is 9. The average Bonchev–Trinajstić information content (AvgIpc) is 2.98. The quantitative estimate of drug-likeness (QED) is 0.236. The second-order valence-corrected chi connectivity index (χ2v) is 9.38. The maximum Gasteiger partial charge on any atom is 0.326 e. The summed E-state index contributed by atoms with van der Waals surface area (Å²) in [7, 11) is 0. The van der Waals surface area contributed by atoms with Crippen LogP contribution in [0.1, 0.15) is 33.0 Å². The molecule has 5 rings (SSSR count). The minimum Gasteiger partial charge on any atom is -0.480 e. The second kappa shape index (κ2) is 12.0. The number of hydrogen-bond acceptors (Lipinski definition) is 4. The number of benzene rings is 4. The van der Waals surface area contributed by atoms with Crippen LogP contribution in [0.25, 0.3) is 10.9 Å². The Bertz CT molecular complexity index is 1590. The van der Waals surface area contributed by atoms with E-state index < -0.39 is 23.8 Å². The number of nitrogens with one attached hydrogen (secondary N) is 2. The lowest BCUT2D eigenvalue weighted by Crippen LogP contribution is -2.44. The molecule has 0 aliphatic heterocycles. The van der Waals surface area contributed by atoms with E-state index in [2.05, 4.69) is 15.6 Å². The topological polar surface area (TPSA) is 108 Å². The van der Waals surface area contributed by atoms with Crippen LogP contribution in [-0.4, -0.2) is 33.9 Å². The van der Waals surface area contributed by atoms with Crippen molar-refractivity contribution in [3.05, 3.63) is 144 Å². The summed E-state index contributed by atoms with van der Waals surface area (Å²) in [6.45, 7) is 0. The Morgan fingerprint density at radius 3 is 1.95 bits per heavy atom. The summed E-state index contributed by atoms with van der Waals surface area (Å²) in [5.41, 5.74) is 4.06. The van der Waals surface area contributed by atoms with Crippen LogP contribution in [-0.2, 0) is 16.0 Å². The highest BCUT2D eigenvalue weighted by molar-refractivity contribution is 6.12. The van der Waals surface area contributed by atoms with Crippen molar-refractivity contribution < 1.29 is 19.5 Å². The van der Waals surface area contributed by atoms with Crippen molar-refractivity contribution in [2.45, 2.75) is 18.4 Å². The summed E-state index contributed by atoms with van der Waals surface area (Å²) in [4.78, 5) is 42.8. The normalized spacial score (nSPS) is 11.6. The Morgan fingerprint density at radius 2 is 1.32 bits per heavy atom. The van der Waals surface area contributed by atoms with Gasteiger partial charge in [0.05, 0.1) is 17.0 Å². The second-order valence-electron chi connectivity index (χ2n) is 9.38. The molecule has 0 radical (unpaired) electrons. The number of amides is 2. The number of anilines is 1. The monoisotopic (exact) mass is 529 g/mol. The lowest BCUT2D eigenvalue weighted by atomic mass is 9.90. The lowest BCUT2D eigenvalue weighted by Gasteiger charge is -2.21. The summed E-state index contributed by atoms with van der Waals surface area (Å²) in [5, 5.41) is 16.3. The summed E-state index contributed by atoms with van der Waals surface area (Å²) in [5.74, 6) is -2.44. The zero-order valence-corrected chi connectivity index (χ0v) is 21.5. The molecule has 1 heterocycles. The molecule has 0 fully saturated rings. The third kappa shape index (κ3) is 6.05. The van der Waals surface area contributed by atoms with Gasteiger partial charge in [-0.3, -0.25) is 14.6 Å². The molecule has 4 aromatic carbocycles. The van der Waals surface area contributed by atoms with Crippen molar-refractivity contribution in [1.29, 1.82) is 0 Å². The average molecular weight is 530 g/mol. The first-order chi connectivity index (χ1) is 19.5. The van der Waals surface area contributed by atoms with Crippen LogP contribution < -0.4 is 10.6 Å². The molecule has 7 heteroatoms. The number of aromatic nitrogens is 1. The van der Waals surface area contributed by atoms with Gasteiger partial charge >= 0.3 is 5.97 Å². The van der Waals surface area contributed by atoms with Crippen LogP contribution in [0.4, 0.5) is 5.69 Å². The fourth-order valence-electron chi connectivity index (χ4n) is 4.69. The number of fused-ring (bicyclic) bond motifs is 1. The summed E-state index contributed by atoms with van der Waals surface area (Å²) >= 11 is 0. The molecule has 0 aliphatic rings. The van der Waals surface area contributed by atoms with E-state index in [1.165, 1.54) is 0 Å². The van der Waals surface area contributed by atoms with Crippen molar-refractivity contribution in [3.8, 4) is 0 Å². The third-order valence-electron chi connectivity index (χ3n) is 6.69. The molecule has 0 bridgehead atoms. The number of pyridine rings is 1. The molecule has 0 spiro atoms. The number of aliphatic carboxylic acids is 1. The van der Waals surface area contributed by atoms with Crippen molar-refractivity contribution in [2.24, 2.45) is 0 Å². The summed E-state index contributed by atoms with van der Waals surface area (Å²) in [6.07, 6.45) is 1.68. The molecule has 7 nitrogen and oxygen atoms in total. The van der Waals surface area contributed by atoms with E-state index in [0.717, 1.165) is 22.0 Å². The summed E-state index contributed by atoms with van der Waals surface area (Å²) in [6, 6.07) is 33.4. The maximum atomic E-state index is 13.4. The standard InChI is InChI=1S/C33H27N3O4/c37-31(27-19-20-34-28-14-8-7-13-26(27)28)35-25-17-15-22(16-18-25)21-29(33(39)40)36-32(38)30(23-9-3-1-4-10-23)24-11-5-2-6-12-24/h1-20,29-30H,21H2,(H,35,37)(H,36,38)(H,39,40)/t29-/m0/s1. The Hall–Kier alpha value is -5.30. The molecular formula is C33H27N3O4. The Kier molecular flexibility index (Phi) is 7.92.